The molecule has 0 spiro atoms. The first-order valence-corrected chi connectivity index (χ1v) is 4.40. The lowest BCUT2D eigenvalue weighted by Crippen LogP contribution is -2.04. The molecule has 1 rings (SSSR count). The van der Waals surface area contributed by atoms with Crippen molar-refractivity contribution in [3.8, 4) is 5.75 Å². The summed E-state index contributed by atoms with van der Waals surface area (Å²) in [6, 6.07) is 3.60. The number of carbonyl (C=O) groups is 2. The van der Waals surface area contributed by atoms with E-state index in [-0.39, 0.29) is 23.5 Å². The fourth-order valence-electron chi connectivity index (χ4n) is 1.08. The van der Waals surface area contributed by atoms with Crippen molar-refractivity contribution in [3.63, 3.8) is 0 Å². The fourth-order valence-corrected chi connectivity index (χ4v) is 1.08. The molecule has 0 saturated carbocycles. The molecule has 0 aliphatic rings. The van der Waals surface area contributed by atoms with Crippen molar-refractivity contribution >= 4 is 11.9 Å². The predicted octanol–water partition coefficient (Wildman–Crippen LogP) is 1.65. The highest BCUT2D eigenvalue weighted by molar-refractivity contribution is 5.94. The molecule has 0 aromatic heterocycles. The summed E-state index contributed by atoms with van der Waals surface area (Å²) in [7, 11) is 0. The smallest absolute Gasteiger partial charge is 0.335 e. The zero-order valence-electron chi connectivity index (χ0n) is 8.34. The Morgan fingerprint density at radius 1 is 1.19 bits per heavy atom. The van der Waals surface area contributed by atoms with Gasteiger partial charge >= 0.3 is 11.9 Å². The molecule has 0 aliphatic heterocycles. The molecule has 84 valence electrons. The van der Waals surface area contributed by atoms with Gasteiger partial charge in [0.2, 0.25) is 0 Å². The SMILES string of the molecule is C=CCOc1cc(C(=O)O)cc(C(=O)O)c1. The minimum absolute atomic E-state index is 0.126. The summed E-state index contributed by atoms with van der Waals surface area (Å²) in [5.41, 5.74) is -0.252. The van der Waals surface area contributed by atoms with Gasteiger partial charge in [-0.25, -0.2) is 9.59 Å². The van der Waals surface area contributed by atoms with E-state index in [0.717, 1.165) is 6.07 Å². The Hall–Kier alpha value is -2.30. The molecule has 1 aromatic rings. The van der Waals surface area contributed by atoms with Crippen LogP contribution in [0, 0.1) is 0 Å². The first-order valence-electron chi connectivity index (χ1n) is 4.40. The third kappa shape index (κ3) is 2.84. The van der Waals surface area contributed by atoms with Gasteiger partial charge in [-0.15, -0.1) is 0 Å². The molecule has 5 heteroatoms. The average Bonchev–Trinajstić information content (AvgIpc) is 2.25. The molecular weight excluding hydrogens is 212 g/mol. The van der Waals surface area contributed by atoms with E-state index in [0.29, 0.717) is 0 Å². The van der Waals surface area contributed by atoms with Crippen LogP contribution in [0.25, 0.3) is 0 Å². The summed E-state index contributed by atoms with van der Waals surface area (Å²) in [6.45, 7) is 3.62. The van der Waals surface area contributed by atoms with E-state index in [1.807, 2.05) is 0 Å². The highest BCUT2D eigenvalue weighted by atomic mass is 16.5. The summed E-state index contributed by atoms with van der Waals surface area (Å²) in [4.78, 5) is 21.5. The van der Waals surface area contributed by atoms with Gasteiger partial charge in [0.25, 0.3) is 0 Å². The quantitative estimate of drug-likeness (QED) is 0.740. The molecule has 16 heavy (non-hydrogen) atoms. The van der Waals surface area contributed by atoms with Crippen LogP contribution < -0.4 is 4.74 Å². The van der Waals surface area contributed by atoms with Crippen LogP contribution in [0.4, 0.5) is 0 Å². The molecule has 0 saturated heterocycles. The zero-order valence-corrected chi connectivity index (χ0v) is 8.34. The Bertz CT molecular complexity index is 404. The van der Waals surface area contributed by atoms with Crippen LogP contribution in [0.1, 0.15) is 20.7 Å². The maximum Gasteiger partial charge on any atom is 0.335 e. The van der Waals surface area contributed by atoms with Crippen molar-refractivity contribution in [2.75, 3.05) is 6.61 Å². The normalized spacial score (nSPS) is 9.50. The number of aromatic carboxylic acids is 2. The second kappa shape index (κ2) is 4.97. The van der Waals surface area contributed by atoms with Gasteiger partial charge < -0.3 is 14.9 Å². The van der Waals surface area contributed by atoms with Crippen molar-refractivity contribution in [2.24, 2.45) is 0 Å². The van der Waals surface area contributed by atoms with Crippen LogP contribution >= 0.6 is 0 Å². The molecule has 2 N–H and O–H groups in total. The average molecular weight is 222 g/mol. The Balaban J connectivity index is 3.13. The summed E-state index contributed by atoms with van der Waals surface area (Å²) in [6.07, 6.45) is 1.48. The third-order valence-corrected chi connectivity index (χ3v) is 1.77. The van der Waals surface area contributed by atoms with Crippen LogP contribution in [0.2, 0.25) is 0 Å². The summed E-state index contributed by atoms with van der Waals surface area (Å²) in [5.74, 6) is -2.21. The lowest BCUT2D eigenvalue weighted by molar-refractivity contribution is 0.0696. The van der Waals surface area contributed by atoms with Crippen molar-refractivity contribution in [2.45, 2.75) is 0 Å². The number of carboxylic acids is 2. The Morgan fingerprint density at radius 2 is 1.69 bits per heavy atom. The van der Waals surface area contributed by atoms with E-state index in [2.05, 4.69) is 6.58 Å². The topological polar surface area (TPSA) is 83.8 Å². The van der Waals surface area contributed by atoms with Crippen molar-refractivity contribution < 1.29 is 24.5 Å². The van der Waals surface area contributed by atoms with Crippen molar-refractivity contribution in [1.29, 1.82) is 0 Å². The maximum absolute atomic E-state index is 10.7. The third-order valence-electron chi connectivity index (χ3n) is 1.77. The van der Waals surface area contributed by atoms with Gasteiger partial charge in [0.1, 0.15) is 12.4 Å². The molecule has 0 atom stereocenters. The number of hydrogen-bond acceptors (Lipinski definition) is 3. The van der Waals surface area contributed by atoms with E-state index < -0.39 is 11.9 Å². The zero-order chi connectivity index (χ0) is 12.1. The second-order valence-corrected chi connectivity index (χ2v) is 2.96. The standard InChI is InChI=1S/C11H10O5/c1-2-3-16-9-5-7(10(12)13)4-8(6-9)11(14)15/h2,4-6H,1,3H2,(H,12,13)(H,14,15). The van der Waals surface area contributed by atoms with Crippen LogP contribution in [0.15, 0.2) is 30.9 Å². The predicted molar refractivity (Wildman–Crippen MR) is 56.1 cm³/mol. The molecule has 0 unspecified atom stereocenters. The summed E-state index contributed by atoms with van der Waals surface area (Å²) in [5, 5.41) is 17.5. The minimum Gasteiger partial charge on any atom is -0.490 e. The molecule has 0 radical (unpaired) electrons. The molecule has 0 fully saturated rings. The monoisotopic (exact) mass is 222 g/mol. The molecule has 1 aromatic carbocycles. The molecular formula is C11H10O5. The van der Waals surface area contributed by atoms with Crippen LogP contribution in [0.5, 0.6) is 5.75 Å². The van der Waals surface area contributed by atoms with Gasteiger partial charge in [0.05, 0.1) is 11.1 Å². The van der Waals surface area contributed by atoms with E-state index in [4.69, 9.17) is 14.9 Å². The lowest BCUT2D eigenvalue weighted by Gasteiger charge is -2.05. The van der Waals surface area contributed by atoms with Crippen molar-refractivity contribution in [1.82, 2.24) is 0 Å². The second-order valence-electron chi connectivity index (χ2n) is 2.96. The highest BCUT2D eigenvalue weighted by Gasteiger charge is 2.11. The Labute approximate surface area is 91.6 Å². The van der Waals surface area contributed by atoms with E-state index >= 15 is 0 Å². The van der Waals surface area contributed by atoms with Gasteiger partial charge in [-0.05, 0) is 18.2 Å². The highest BCUT2D eigenvalue weighted by Crippen LogP contribution is 2.17. The van der Waals surface area contributed by atoms with Gasteiger partial charge in [-0.1, -0.05) is 12.7 Å². The lowest BCUT2D eigenvalue weighted by atomic mass is 10.1. The first kappa shape index (κ1) is 11.8. The van der Waals surface area contributed by atoms with Crippen LogP contribution in [-0.4, -0.2) is 28.8 Å². The number of ether oxygens (including phenoxy) is 1. The first-order chi connectivity index (χ1) is 7.54. The van der Waals surface area contributed by atoms with E-state index in [1.54, 1.807) is 0 Å². The van der Waals surface area contributed by atoms with E-state index in [1.165, 1.54) is 18.2 Å². The van der Waals surface area contributed by atoms with Gasteiger partial charge in [-0.2, -0.15) is 0 Å². The molecule has 0 aliphatic carbocycles. The number of benzene rings is 1. The Kier molecular flexibility index (Phi) is 3.66. The van der Waals surface area contributed by atoms with Gasteiger partial charge in [0.15, 0.2) is 0 Å². The molecule has 5 nitrogen and oxygen atoms in total. The van der Waals surface area contributed by atoms with Crippen LogP contribution in [-0.2, 0) is 0 Å². The molecule has 0 heterocycles. The van der Waals surface area contributed by atoms with E-state index in [9.17, 15) is 9.59 Å². The molecule has 0 amide bonds. The summed E-state index contributed by atoms with van der Waals surface area (Å²) >= 11 is 0. The number of hydrogen-bond donors (Lipinski definition) is 2. The van der Waals surface area contributed by atoms with Gasteiger partial charge in [-0.3, -0.25) is 0 Å². The van der Waals surface area contributed by atoms with Gasteiger partial charge in [0, 0.05) is 0 Å². The fraction of sp³-hybridized carbons (Fsp3) is 0.0909. The maximum atomic E-state index is 10.7. The number of carboxylic acid groups (broad SMARTS) is 2. The Morgan fingerprint density at radius 3 is 2.06 bits per heavy atom. The number of rotatable bonds is 5. The largest absolute Gasteiger partial charge is 0.490 e. The molecule has 0 bridgehead atoms. The summed E-state index contributed by atoms with van der Waals surface area (Å²) < 4.78 is 5.09. The van der Waals surface area contributed by atoms with Crippen molar-refractivity contribution in [3.05, 3.63) is 42.0 Å². The van der Waals surface area contributed by atoms with Crippen LogP contribution in [0.3, 0.4) is 0 Å². The minimum atomic E-state index is -1.20.